The maximum atomic E-state index is 11.6. The van der Waals surface area contributed by atoms with Crippen molar-refractivity contribution in [2.75, 3.05) is 5.32 Å². The smallest absolute Gasteiger partial charge is 0.231 e. The molecule has 0 fully saturated rings. The van der Waals surface area contributed by atoms with Crippen LogP contribution in [-0.4, -0.2) is 11.1 Å². The van der Waals surface area contributed by atoms with E-state index in [0.717, 1.165) is 40.8 Å². The molecule has 1 aromatic heterocycles. The number of nitrogens with zero attached hydrogens (tertiary/aromatic N) is 1. The minimum absolute atomic E-state index is 0.0534. The van der Waals surface area contributed by atoms with Crippen LogP contribution in [0.25, 0.3) is 11.0 Å². The third kappa shape index (κ3) is 1.44. The predicted octanol–water partition coefficient (Wildman–Crippen LogP) is 2.84. The van der Waals surface area contributed by atoms with E-state index in [2.05, 4.69) is 17.4 Å². The van der Waals surface area contributed by atoms with Gasteiger partial charge in [0.1, 0.15) is 0 Å². The Morgan fingerprint density at radius 2 is 2.29 bits per heavy atom. The molecule has 1 aliphatic rings. The van der Waals surface area contributed by atoms with Gasteiger partial charge in [-0.15, -0.1) is 0 Å². The third-order valence-corrected chi connectivity index (χ3v) is 3.32. The average molecular weight is 230 g/mol. The van der Waals surface area contributed by atoms with Crippen LogP contribution in [0.4, 0.5) is 5.69 Å². The van der Waals surface area contributed by atoms with Gasteiger partial charge in [-0.2, -0.15) is 0 Å². The minimum Gasteiger partial charge on any atom is -0.356 e. The van der Waals surface area contributed by atoms with Crippen LogP contribution in [0.2, 0.25) is 0 Å². The second kappa shape index (κ2) is 3.58. The fourth-order valence-electron chi connectivity index (χ4n) is 2.32. The molecule has 1 amide bonds. The fraction of sp³-hybridized carbons (Fsp3) is 0.385. The Morgan fingerprint density at radius 3 is 3.06 bits per heavy atom. The van der Waals surface area contributed by atoms with Crippen LogP contribution in [0.1, 0.15) is 37.4 Å². The number of aromatic nitrogens is 1. The summed E-state index contributed by atoms with van der Waals surface area (Å²) in [4.78, 5) is 11.6. The van der Waals surface area contributed by atoms with E-state index in [9.17, 15) is 4.79 Å². The Hall–Kier alpha value is -1.84. The lowest BCUT2D eigenvalue weighted by Crippen LogP contribution is -2.08. The Kier molecular flexibility index (Phi) is 2.18. The minimum atomic E-state index is -0.0845. The summed E-state index contributed by atoms with van der Waals surface area (Å²) in [6.45, 7) is 4.03. The number of rotatable bonds is 2. The van der Waals surface area contributed by atoms with E-state index in [4.69, 9.17) is 4.52 Å². The van der Waals surface area contributed by atoms with Crippen molar-refractivity contribution in [2.24, 2.45) is 0 Å². The van der Waals surface area contributed by atoms with Crippen molar-refractivity contribution in [3.8, 4) is 0 Å². The molecule has 3 rings (SSSR count). The van der Waals surface area contributed by atoms with Crippen molar-refractivity contribution in [3.63, 3.8) is 0 Å². The third-order valence-electron chi connectivity index (χ3n) is 3.32. The standard InChI is InChI=1S/C13H14N2O2/c1-3-4-10-9-5-8-7(2)13(16)14-11(8)6-12(9)17-15-10/h5-7H,3-4H2,1-2H3,(H,14,16). The lowest BCUT2D eigenvalue weighted by molar-refractivity contribution is -0.116. The van der Waals surface area contributed by atoms with Gasteiger partial charge < -0.3 is 9.84 Å². The van der Waals surface area contributed by atoms with Gasteiger partial charge in [0, 0.05) is 17.1 Å². The topological polar surface area (TPSA) is 55.1 Å². The molecule has 0 spiro atoms. The second-order valence-electron chi connectivity index (χ2n) is 4.53. The van der Waals surface area contributed by atoms with E-state index < -0.39 is 0 Å². The molecule has 4 heteroatoms. The number of carbonyl (C=O) groups excluding carboxylic acids is 1. The van der Waals surface area contributed by atoms with Gasteiger partial charge in [0.15, 0.2) is 5.58 Å². The van der Waals surface area contributed by atoms with Crippen molar-refractivity contribution < 1.29 is 9.32 Å². The zero-order valence-electron chi connectivity index (χ0n) is 9.91. The first-order valence-electron chi connectivity index (χ1n) is 5.93. The summed E-state index contributed by atoms with van der Waals surface area (Å²) in [7, 11) is 0. The summed E-state index contributed by atoms with van der Waals surface area (Å²) in [5.74, 6) is -0.0311. The number of carbonyl (C=O) groups is 1. The van der Waals surface area contributed by atoms with Crippen LogP contribution in [0.5, 0.6) is 0 Å². The first kappa shape index (κ1) is 10.3. The van der Waals surface area contributed by atoms with Gasteiger partial charge in [-0.25, -0.2) is 0 Å². The van der Waals surface area contributed by atoms with Gasteiger partial charge in [-0.3, -0.25) is 4.79 Å². The highest BCUT2D eigenvalue weighted by molar-refractivity contribution is 6.05. The highest BCUT2D eigenvalue weighted by Gasteiger charge is 2.28. The van der Waals surface area contributed by atoms with E-state index in [1.807, 2.05) is 19.1 Å². The van der Waals surface area contributed by atoms with Crippen molar-refractivity contribution >= 4 is 22.6 Å². The molecule has 0 saturated heterocycles. The number of anilines is 1. The zero-order chi connectivity index (χ0) is 12.0. The number of benzene rings is 1. The van der Waals surface area contributed by atoms with Gasteiger partial charge in [-0.1, -0.05) is 18.5 Å². The van der Waals surface area contributed by atoms with Gasteiger partial charge in [0.05, 0.1) is 11.6 Å². The molecule has 1 aromatic carbocycles. The van der Waals surface area contributed by atoms with E-state index in [0.29, 0.717) is 0 Å². The van der Waals surface area contributed by atoms with Crippen molar-refractivity contribution in [1.29, 1.82) is 0 Å². The van der Waals surface area contributed by atoms with E-state index in [-0.39, 0.29) is 11.8 Å². The van der Waals surface area contributed by atoms with E-state index >= 15 is 0 Å². The number of nitrogens with one attached hydrogen (secondary N) is 1. The van der Waals surface area contributed by atoms with Crippen LogP contribution in [0.15, 0.2) is 16.7 Å². The molecular formula is C13H14N2O2. The van der Waals surface area contributed by atoms with E-state index in [1.54, 1.807) is 0 Å². The van der Waals surface area contributed by atoms with Gasteiger partial charge in [0.25, 0.3) is 0 Å². The second-order valence-corrected chi connectivity index (χ2v) is 4.53. The maximum Gasteiger partial charge on any atom is 0.231 e. The molecule has 1 N–H and O–H groups in total. The predicted molar refractivity (Wildman–Crippen MR) is 65.0 cm³/mol. The SMILES string of the molecule is CCCc1noc2cc3c(cc12)C(C)C(=O)N3. The van der Waals surface area contributed by atoms with Crippen LogP contribution in [0, 0.1) is 0 Å². The molecular weight excluding hydrogens is 216 g/mol. The molecule has 0 bridgehead atoms. The summed E-state index contributed by atoms with van der Waals surface area (Å²) in [5, 5.41) is 7.97. The molecule has 4 nitrogen and oxygen atoms in total. The maximum absolute atomic E-state index is 11.6. The van der Waals surface area contributed by atoms with Crippen molar-refractivity contribution in [2.45, 2.75) is 32.6 Å². The van der Waals surface area contributed by atoms with Gasteiger partial charge >= 0.3 is 0 Å². The number of fused-ring (bicyclic) bond motifs is 2. The molecule has 2 heterocycles. The van der Waals surface area contributed by atoms with Crippen LogP contribution in [0.3, 0.4) is 0 Å². The van der Waals surface area contributed by atoms with Gasteiger partial charge in [-0.05, 0) is 25.0 Å². The number of amides is 1. The summed E-state index contributed by atoms with van der Waals surface area (Å²) in [6.07, 6.45) is 1.94. The highest BCUT2D eigenvalue weighted by Crippen LogP contribution is 2.36. The first-order chi connectivity index (χ1) is 8.20. The molecule has 2 aromatic rings. The fourth-order valence-corrected chi connectivity index (χ4v) is 2.32. The number of aryl methyl sites for hydroxylation is 1. The molecule has 0 aliphatic carbocycles. The van der Waals surface area contributed by atoms with Crippen LogP contribution >= 0.6 is 0 Å². The first-order valence-corrected chi connectivity index (χ1v) is 5.93. The Bertz CT molecular complexity index is 601. The molecule has 1 unspecified atom stereocenters. The quantitative estimate of drug-likeness (QED) is 0.863. The van der Waals surface area contributed by atoms with Crippen molar-refractivity contribution in [3.05, 3.63) is 23.4 Å². The molecule has 1 aliphatic heterocycles. The molecule has 17 heavy (non-hydrogen) atoms. The highest BCUT2D eigenvalue weighted by atomic mass is 16.5. The molecule has 0 saturated carbocycles. The lowest BCUT2D eigenvalue weighted by Gasteiger charge is -2.00. The summed E-state index contributed by atoms with van der Waals surface area (Å²) in [5.41, 5.74) is 3.63. The monoisotopic (exact) mass is 230 g/mol. The number of hydrogen-bond acceptors (Lipinski definition) is 3. The number of hydrogen-bond donors (Lipinski definition) is 1. The lowest BCUT2D eigenvalue weighted by atomic mass is 10.00. The molecule has 88 valence electrons. The summed E-state index contributed by atoms with van der Waals surface area (Å²) >= 11 is 0. The molecule has 1 atom stereocenters. The average Bonchev–Trinajstić information content (AvgIpc) is 2.81. The van der Waals surface area contributed by atoms with Gasteiger partial charge in [0.2, 0.25) is 5.91 Å². The van der Waals surface area contributed by atoms with Crippen molar-refractivity contribution in [1.82, 2.24) is 5.16 Å². The summed E-state index contributed by atoms with van der Waals surface area (Å²) in [6, 6.07) is 3.91. The van der Waals surface area contributed by atoms with Crippen LogP contribution in [-0.2, 0) is 11.2 Å². The Morgan fingerprint density at radius 1 is 1.47 bits per heavy atom. The van der Waals surface area contributed by atoms with Crippen LogP contribution < -0.4 is 5.32 Å². The molecule has 0 radical (unpaired) electrons. The van der Waals surface area contributed by atoms with E-state index in [1.165, 1.54) is 0 Å². The normalized spacial score (nSPS) is 18.5. The largest absolute Gasteiger partial charge is 0.356 e. The zero-order valence-corrected chi connectivity index (χ0v) is 9.91. The summed E-state index contributed by atoms with van der Waals surface area (Å²) < 4.78 is 5.30. The Balaban J connectivity index is 2.19. The Labute approximate surface area is 99.0 Å².